The van der Waals surface area contributed by atoms with Crippen molar-refractivity contribution in [2.24, 2.45) is 13.0 Å². The van der Waals surface area contributed by atoms with Crippen LogP contribution in [-0.2, 0) is 13.6 Å². The molecule has 0 amide bonds. The second-order valence-electron chi connectivity index (χ2n) is 7.03. The van der Waals surface area contributed by atoms with Crippen molar-refractivity contribution < 1.29 is 9.47 Å². The van der Waals surface area contributed by atoms with Gasteiger partial charge in [-0.3, -0.25) is 9.78 Å². The normalized spacial score (nSPS) is 17.6. The number of pyridine rings is 1. The molecular formula is C19H21ClN6O3S. The van der Waals surface area contributed by atoms with Crippen LogP contribution >= 0.6 is 22.9 Å². The van der Waals surface area contributed by atoms with E-state index >= 15 is 0 Å². The quantitative estimate of drug-likeness (QED) is 0.561. The third kappa shape index (κ3) is 4.39. The Bertz CT molecular complexity index is 1100. The van der Waals surface area contributed by atoms with E-state index in [0.29, 0.717) is 25.0 Å². The lowest BCUT2D eigenvalue weighted by Crippen LogP contribution is -2.25. The molecule has 1 saturated carbocycles. The van der Waals surface area contributed by atoms with E-state index in [1.165, 1.54) is 16.0 Å². The van der Waals surface area contributed by atoms with E-state index in [-0.39, 0.29) is 22.1 Å². The second-order valence-corrected chi connectivity index (χ2v) is 8.67. The second kappa shape index (κ2) is 8.57. The zero-order valence-corrected chi connectivity index (χ0v) is 18.3. The molecule has 3 aromatic heterocycles. The average molecular weight is 449 g/mol. The van der Waals surface area contributed by atoms with Gasteiger partial charge in [0.1, 0.15) is 26.5 Å². The Morgan fingerprint density at radius 2 is 2.20 bits per heavy atom. The number of aromatic nitrogens is 5. The van der Waals surface area contributed by atoms with Crippen molar-refractivity contribution in [3.8, 4) is 11.6 Å². The standard InChI is InChI=1S/C19H21ClN6O3S/c1-10-23-24-15(30-10)8-22-17-16(20)18(25-26(2)19(17)27)29-9-11-6-13(11)14-5-4-12(28-3)7-21-14/h4-5,7,11,13,22H,6,8-9H2,1-3H3/t11-,13+/m1/s1. The van der Waals surface area contributed by atoms with E-state index in [1.807, 2.05) is 19.1 Å². The van der Waals surface area contributed by atoms with E-state index in [1.54, 1.807) is 20.4 Å². The monoisotopic (exact) mass is 448 g/mol. The first-order chi connectivity index (χ1) is 14.5. The molecule has 0 saturated heterocycles. The number of nitrogens with zero attached hydrogens (tertiary/aromatic N) is 5. The summed E-state index contributed by atoms with van der Waals surface area (Å²) >= 11 is 7.88. The third-order valence-corrected chi connectivity index (χ3v) is 6.06. The maximum atomic E-state index is 12.5. The van der Waals surface area contributed by atoms with E-state index in [0.717, 1.165) is 27.9 Å². The molecule has 0 radical (unpaired) electrons. The Labute approximate surface area is 182 Å². The lowest BCUT2D eigenvalue weighted by Gasteiger charge is -2.12. The fourth-order valence-corrected chi connectivity index (χ4v) is 4.01. The van der Waals surface area contributed by atoms with E-state index in [2.05, 4.69) is 25.6 Å². The molecule has 4 rings (SSSR count). The highest BCUT2D eigenvalue weighted by molar-refractivity contribution is 7.11. The minimum Gasteiger partial charge on any atom is -0.495 e. The van der Waals surface area contributed by atoms with Gasteiger partial charge in [0.25, 0.3) is 11.4 Å². The van der Waals surface area contributed by atoms with Gasteiger partial charge in [-0.15, -0.1) is 15.3 Å². The van der Waals surface area contributed by atoms with E-state index in [9.17, 15) is 4.79 Å². The number of aryl methyl sites for hydroxylation is 2. The summed E-state index contributed by atoms with van der Waals surface area (Å²) in [6.45, 7) is 2.66. The molecule has 1 N–H and O–H groups in total. The first kappa shape index (κ1) is 20.5. The molecule has 0 aromatic carbocycles. The Morgan fingerprint density at radius 1 is 1.37 bits per heavy atom. The van der Waals surface area contributed by atoms with Crippen molar-refractivity contribution in [1.82, 2.24) is 25.0 Å². The predicted octanol–water partition coefficient (Wildman–Crippen LogP) is 2.79. The lowest BCUT2D eigenvalue weighted by molar-refractivity contribution is 0.278. The number of hydrogen-bond donors (Lipinski definition) is 1. The molecule has 9 nitrogen and oxygen atoms in total. The van der Waals surface area contributed by atoms with Crippen LogP contribution < -0.4 is 20.3 Å². The van der Waals surface area contributed by atoms with Gasteiger partial charge in [-0.05, 0) is 25.5 Å². The number of rotatable bonds is 8. The SMILES string of the molecule is COc1ccc([C@H]2C[C@@H]2COc2nn(C)c(=O)c(NCc3nnc(C)s3)c2Cl)nc1. The molecule has 11 heteroatoms. The van der Waals surface area contributed by atoms with Gasteiger partial charge in [-0.1, -0.05) is 22.9 Å². The molecule has 0 spiro atoms. The first-order valence-corrected chi connectivity index (χ1v) is 10.6. The summed E-state index contributed by atoms with van der Waals surface area (Å²) in [6, 6.07) is 3.87. The van der Waals surface area contributed by atoms with Crippen LogP contribution in [0.1, 0.15) is 28.0 Å². The van der Waals surface area contributed by atoms with Crippen molar-refractivity contribution in [3.63, 3.8) is 0 Å². The minimum absolute atomic E-state index is 0.166. The Hall–Kier alpha value is -2.72. The molecule has 0 bridgehead atoms. The molecular weight excluding hydrogens is 428 g/mol. The predicted molar refractivity (Wildman–Crippen MR) is 114 cm³/mol. The molecule has 0 unspecified atom stereocenters. The Balaban J connectivity index is 1.41. The van der Waals surface area contributed by atoms with Crippen LogP contribution in [0.2, 0.25) is 5.02 Å². The van der Waals surface area contributed by atoms with Crippen LogP contribution in [0.15, 0.2) is 23.1 Å². The van der Waals surface area contributed by atoms with Crippen LogP contribution in [0.25, 0.3) is 0 Å². The molecule has 1 fully saturated rings. The summed E-state index contributed by atoms with van der Waals surface area (Å²) in [5.41, 5.74) is 0.917. The highest BCUT2D eigenvalue weighted by atomic mass is 35.5. The summed E-state index contributed by atoms with van der Waals surface area (Å²) in [5, 5.41) is 17.0. The highest BCUT2D eigenvalue weighted by Gasteiger charge is 2.40. The molecule has 30 heavy (non-hydrogen) atoms. The van der Waals surface area contributed by atoms with Gasteiger partial charge < -0.3 is 14.8 Å². The smallest absolute Gasteiger partial charge is 0.291 e. The average Bonchev–Trinajstić information content (AvgIpc) is 3.41. The van der Waals surface area contributed by atoms with Crippen molar-refractivity contribution in [2.45, 2.75) is 25.8 Å². The van der Waals surface area contributed by atoms with Gasteiger partial charge in [0.05, 0.1) is 26.5 Å². The topological polar surface area (TPSA) is 104 Å². The van der Waals surface area contributed by atoms with E-state index < -0.39 is 0 Å². The van der Waals surface area contributed by atoms with Gasteiger partial charge in [0.2, 0.25) is 0 Å². The molecule has 158 valence electrons. The summed E-state index contributed by atoms with van der Waals surface area (Å²) in [7, 11) is 3.18. The summed E-state index contributed by atoms with van der Waals surface area (Å²) in [5.74, 6) is 1.61. The molecule has 3 heterocycles. The number of ether oxygens (including phenoxy) is 2. The summed E-state index contributed by atoms with van der Waals surface area (Å²) in [6.07, 6.45) is 2.69. The largest absolute Gasteiger partial charge is 0.495 e. The number of methoxy groups -OCH3 is 1. The number of nitrogens with one attached hydrogen (secondary N) is 1. The first-order valence-electron chi connectivity index (χ1n) is 9.38. The molecule has 3 aromatic rings. The third-order valence-electron chi connectivity index (χ3n) is 4.87. The molecule has 1 aliphatic carbocycles. The fourth-order valence-electron chi connectivity index (χ4n) is 3.12. The number of anilines is 1. The van der Waals surface area contributed by atoms with Gasteiger partial charge in [-0.2, -0.15) is 0 Å². The van der Waals surface area contributed by atoms with Crippen LogP contribution in [-0.4, -0.2) is 38.7 Å². The van der Waals surface area contributed by atoms with Crippen LogP contribution in [0.5, 0.6) is 11.6 Å². The maximum Gasteiger partial charge on any atom is 0.291 e. The van der Waals surface area contributed by atoms with Gasteiger partial charge in [-0.25, -0.2) is 4.68 Å². The zero-order chi connectivity index (χ0) is 21.3. The zero-order valence-electron chi connectivity index (χ0n) is 16.8. The van der Waals surface area contributed by atoms with Crippen LogP contribution in [0.4, 0.5) is 5.69 Å². The van der Waals surface area contributed by atoms with E-state index in [4.69, 9.17) is 21.1 Å². The highest BCUT2D eigenvalue weighted by Crippen LogP contribution is 2.47. The van der Waals surface area contributed by atoms with Crippen LogP contribution in [0, 0.1) is 12.8 Å². The van der Waals surface area contributed by atoms with Crippen molar-refractivity contribution in [3.05, 3.63) is 49.4 Å². The van der Waals surface area contributed by atoms with Crippen molar-refractivity contribution in [2.75, 3.05) is 19.0 Å². The summed E-state index contributed by atoms with van der Waals surface area (Å²) in [4.78, 5) is 16.9. The fraction of sp³-hybridized carbons (Fsp3) is 0.421. The van der Waals surface area contributed by atoms with Crippen molar-refractivity contribution in [1.29, 1.82) is 0 Å². The van der Waals surface area contributed by atoms with Gasteiger partial charge in [0.15, 0.2) is 0 Å². The van der Waals surface area contributed by atoms with Gasteiger partial charge in [0, 0.05) is 24.6 Å². The molecule has 0 aliphatic heterocycles. The lowest BCUT2D eigenvalue weighted by atomic mass is 10.2. The Morgan fingerprint density at radius 3 is 2.87 bits per heavy atom. The Kier molecular flexibility index (Phi) is 5.87. The molecule has 2 atom stereocenters. The number of hydrogen-bond acceptors (Lipinski definition) is 9. The van der Waals surface area contributed by atoms with Crippen molar-refractivity contribution >= 4 is 28.6 Å². The van der Waals surface area contributed by atoms with Crippen LogP contribution in [0.3, 0.4) is 0 Å². The maximum absolute atomic E-state index is 12.5. The minimum atomic E-state index is -0.333. The number of halogens is 1. The summed E-state index contributed by atoms with van der Waals surface area (Å²) < 4.78 is 12.2. The molecule has 1 aliphatic rings. The van der Waals surface area contributed by atoms with Gasteiger partial charge >= 0.3 is 0 Å².